The monoisotopic (exact) mass is 569 g/mol. The maximum absolute atomic E-state index is 14.1. The molecule has 0 aliphatic carbocycles. The Kier molecular flexibility index (Phi) is 10.5. The number of nitrogens with zero attached hydrogens (tertiary/aromatic N) is 2. The van der Waals surface area contributed by atoms with Crippen LogP contribution in [0.15, 0.2) is 83.8 Å². The third kappa shape index (κ3) is 7.61. The van der Waals surface area contributed by atoms with Crippen molar-refractivity contribution in [2.24, 2.45) is 0 Å². The lowest BCUT2D eigenvalue weighted by Crippen LogP contribution is -2.53. The zero-order chi connectivity index (χ0) is 28.6. The topological polar surface area (TPSA) is 86.8 Å². The van der Waals surface area contributed by atoms with Crippen molar-refractivity contribution < 1.29 is 18.0 Å². The maximum atomic E-state index is 14.1. The van der Waals surface area contributed by atoms with Gasteiger partial charge in [-0.3, -0.25) is 13.9 Å². The molecular formula is C30H36ClN3O4S. The summed E-state index contributed by atoms with van der Waals surface area (Å²) in [5, 5.41) is 3.17. The third-order valence-corrected chi connectivity index (χ3v) is 8.65. The Hall–Kier alpha value is -3.36. The zero-order valence-electron chi connectivity index (χ0n) is 22.8. The first-order valence-corrected chi connectivity index (χ1v) is 14.9. The van der Waals surface area contributed by atoms with E-state index in [1.54, 1.807) is 42.5 Å². The molecule has 39 heavy (non-hydrogen) atoms. The standard InChI is InChI=1S/C30H36ClN3O4S/c1-5-23(4)32-30(36)27(6-2)33(20-24-14-12-13-22(3)19-24)29(35)21-34(28-18-11-10-17-26(28)31)39(37,38)25-15-8-7-9-16-25/h7-19,23,27H,5-6,20-21H2,1-4H3,(H,32,36)/t23-,27+/m0/s1. The Labute approximate surface area is 236 Å². The molecule has 9 heteroatoms. The summed E-state index contributed by atoms with van der Waals surface area (Å²) in [5.74, 6) is -0.787. The molecule has 0 aliphatic heterocycles. The van der Waals surface area contributed by atoms with Gasteiger partial charge in [0.15, 0.2) is 0 Å². The summed E-state index contributed by atoms with van der Waals surface area (Å²) in [6.45, 7) is 7.28. The van der Waals surface area contributed by atoms with Crippen LogP contribution in [0.3, 0.4) is 0 Å². The first kappa shape index (κ1) is 30.2. The molecule has 7 nitrogen and oxygen atoms in total. The van der Waals surface area contributed by atoms with Gasteiger partial charge < -0.3 is 10.2 Å². The van der Waals surface area contributed by atoms with Gasteiger partial charge in [-0.05, 0) is 56.5 Å². The lowest BCUT2D eigenvalue weighted by atomic mass is 10.1. The predicted molar refractivity (Wildman–Crippen MR) is 156 cm³/mol. The molecule has 2 amide bonds. The predicted octanol–water partition coefficient (Wildman–Crippen LogP) is 5.57. The van der Waals surface area contributed by atoms with Crippen LogP contribution in [-0.2, 0) is 26.2 Å². The molecule has 0 saturated heterocycles. The molecular weight excluding hydrogens is 534 g/mol. The van der Waals surface area contributed by atoms with Crippen LogP contribution < -0.4 is 9.62 Å². The van der Waals surface area contributed by atoms with Gasteiger partial charge in [0.25, 0.3) is 10.0 Å². The fraction of sp³-hybridized carbons (Fsp3) is 0.333. The molecule has 0 bridgehead atoms. The number of aryl methyl sites for hydroxylation is 1. The molecule has 3 aromatic carbocycles. The molecule has 0 aliphatic rings. The van der Waals surface area contributed by atoms with Gasteiger partial charge >= 0.3 is 0 Å². The Balaban J connectivity index is 2.06. The van der Waals surface area contributed by atoms with Crippen molar-refractivity contribution in [1.29, 1.82) is 0 Å². The van der Waals surface area contributed by atoms with E-state index in [9.17, 15) is 18.0 Å². The molecule has 0 heterocycles. The number of carbonyl (C=O) groups excluding carboxylic acids is 2. The average molecular weight is 570 g/mol. The van der Waals surface area contributed by atoms with E-state index in [0.717, 1.165) is 21.9 Å². The number of hydrogen-bond acceptors (Lipinski definition) is 4. The average Bonchev–Trinajstić information content (AvgIpc) is 2.92. The van der Waals surface area contributed by atoms with E-state index in [2.05, 4.69) is 5.32 Å². The van der Waals surface area contributed by atoms with Crippen molar-refractivity contribution in [3.63, 3.8) is 0 Å². The van der Waals surface area contributed by atoms with Gasteiger partial charge in [-0.2, -0.15) is 0 Å². The summed E-state index contributed by atoms with van der Waals surface area (Å²) in [6.07, 6.45) is 1.10. The second kappa shape index (κ2) is 13.6. The zero-order valence-corrected chi connectivity index (χ0v) is 24.4. The van der Waals surface area contributed by atoms with Gasteiger partial charge in [-0.15, -0.1) is 0 Å². The van der Waals surface area contributed by atoms with Gasteiger partial charge in [0.2, 0.25) is 11.8 Å². The van der Waals surface area contributed by atoms with E-state index in [1.807, 2.05) is 52.0 Å². The highest BCUT2D eigenvalue weighted by Gasteiger charge is 2.34. The molecule has 208 valence electrons. The fourth-order valence-corrected chi connectivity index (χ4v) is 6.00. The minimum atomic E-state index is -4.16. The summed E-state index contributed by atoms with van der Waals surface area (Å²) >= 11 is 6.44. The number of para-hydroxylation sites is 1. The number of benzene rings is 3. The van der Waals surface area contributed by atoms with Gasteiger partial charge in [-0.1, -0.05) is 85.6 Å². The number of hydrogen-bond donors (Lipinski definition) is 1. The van der Waals surface area contributed by atoms with Crippen molar-refractivity contribution >= 4 is 39.1 Å². The summed E-state index contributed by atoms with van der Waals surface area (Å²) < 4.78 is 28.7. The lowest BCUT2D eigenvalue weighted by molar-refractivity contribution is -0.140. The Morgan fingerprint density at radius 3 is 2.21 bits per heavy atom. The first-order chi connectivity index (χ1) is 18.6. The highest BCUT2D eigenvalue weighted by Crippen LogP contribution is 2.30. The fourth-order valence-electron chi connectivity index (χ4n) is 4.25. The first-order valence-electron chi connectivity index (χ1n) is 13.1. The highest BCUT2D eigenvalue weighted by molar-refractivity contribution is 7.92. The van der Waals surface area contributed by atoms with Crippen LogP contribution in [0.1, 0.15) is 44.7 Å². The highest BCUT2D eigenvalue weighted by atomic mass is 35.5. The van der Waals surface area contributed by atoms with Gasteiger partial charge in [0.05, 0.1) is 15.6 Å². The van der Waals surface area contributed by atoms with Crippen LogP contribution in [-0.4, -0.2) is 43.8 Å². The summed E-state index contributed by atoms with van der Waals surface area (Å²) in [7, 11) is -4.16. The molecule has 1 N–H and O–H groups in total. The van der Waals surface area contributed by atoms with Crippen LogP contribution in [0, 0.1) is 6.92 Å². The number of rotatable bonds is 12. The van der Waals surface area contributed by atoms with Crippen LogP contribution in [0.5, 0.6) is 0 Å². The number of anilines is 1. The SMILES string of the molecule is CC[C@H](C(=O)N[C@@H](C)CC)N(Cc1cccc(C)c1)C(=O)CN(c1ccccc1Cl)S(=O)(=O)c1ccccc1. The molecule has 0 radical (unpaired) electrons. The molecule has 3 rings (SSSR count). The number of sulfonamides is 1. The van der Waals surface area contributed by atoms with Crippen molar-refractivity contribution in [2.75, 3.05) is 10.8 Å². The van der Waals surface area contributed by atoms with Crippen molar-refractivity contribution in [2.45, 2.75) is 64.1 Å². The largest absolute Gasteiger partial charge is 0.352 e. The summed E-state index contributed by atoms with van der Waals surface area (Å²) in [6, 6.07) is 21.2. The number of halogens is 1. The normalized spacial score (nSPS) is 12.8. The maximum Gasteiger partial charge on any atom is 0.264 e. The van der Waals surface area contributed by atoms with Crippen molar-refractivity contribution in [3.05, 3.63) is 95.0 Å². The molecule has 2 atom stereocenters. The molecule has 0 aromatic heterocycles. The van der Waals surface area contributed by atoms with Crippen LogP contribution >= 0.6 is 11.6 Å². The molecule has 3 aromatic rings. The Bertz CT molecular complexity index is 1380. The van der Waals surface area contributed by atoms with Gasteiger partial charge in [0.1, 0.15) is 12.6 Å². The van der Waals surface area contributed by atoms with E-state index in [1.165, 1.54) is 17.0 Å². The smallest absolute Gasteiger partial charge is 0.264 e. The molecule has 0 unspecified atom stereocenters. The van der Waals surface area contributed by atoms with Gasteiger partial charge in [0, 0.05) is 12.6 Å². The quantitative estimate of drug-likeness (QED) is 0.309. The van der Waals surface area contributed by atoms with E-state index < -0.39 is 28.5 Å². The van der Waals surface area contributed by atoms with E-state index in [0.29, 0.717) is 6.42 Å². The van der Waals surface area contributed by atoms with Gasteiger partial charge in [-0.25, -0.2) is 8.42 Å². The van der Waals surface area contributed by atoms with Crippen LogP contribution in [0.4, 0.5) is 5.69 Å². The third-order valence-electron chi connectivity index (χ3n) is 6.55. The minimum Gasteiger partial charge on any atom is -0.352 e. The van der Waals surface area contributed by atoms with E-state index in [4.69, 9.17) is 11.6 Å². The van der Waals surface area contributed by atoms with Crippen molar-refractivity contribution in [1.82, 2.24) is 10.2 Å². The molecule has 0 fully saturated rings. The number of carbonyl (C=O) groups is 2. The number of nitrogens with one attached hydrogen (secondary N) is 1. The van der Waals surface area contributed by atoms with Crippen LogP contribution in [0.2, 0.25) is 5.02 Å². The lowest BCUT2D eigenvalue weighted by Gasteiger charge is -2.34. The Morgan fingerprint density at radius 1 is 0.923 bits per heavy atom. The molecule has 0 saturated carbocycles. The second-order valence-electron chi connectivity index (χ2n) is 9.53. The molecule has 0 spiro atoms. The number of amides is 2. The van der Waals surface area contributed by atoms with E-state index in [-0.39, 0.29) is 34.1 Å². The minimum absolute atomic E-state index is 0.0320. The van der Waals surface area contributed by atoms with E-state index >= 15 is 0 Å². The van der Waals surface area contributed by atoms with Crippen LogP contribution in [0.25, 0.3) is 0 Å². The second-order valence-corrected chi connectivity index (χ2v) is 11.8. The van der Waals surface area contributed by atoms with Crippen molar-refractivity contribution in [3.8, 4) is 0 Å². The Morgan fingerprint density at radius 2 is 1.59 bits per heavy atom. The summed E-state index contributed by atoms with van der Waals surface area (Å²) in [4.78, 5) is 28.9. The summed E-state index contributed by atoms with van der Waals surface area (Å²) in [5.41, 5.74) is 2.04.